The summed E-state index contributed by atoms with van der Waals surface area (Å²) in [5.74, 6) is -1.42. The quantitative estimate of drug-likeness (QED) is 0.324. The highest BCUT2D eigenvalue weighted by Crippen LogP contribution is 2.45. The maximum Gasteiger partial charge on any atom is 0.300 e. The first kappa shape index (κ1) is 23.2. The summed E-state index contributed by atoms with van der Waals surface area (Å²) >= 11 is 0. The fraction of sp³-hybridized carbons (Fsp3) is 0.185. The zero-order valence-electron chi connectivity index (χ0n) is 19.5. The zero-order chi connectivity index (χ0) is 25.4. The van der Waals surface area contributed by atoms with E-state index in [0.717, 1.165) is 6.07 Å². The number of methoxy groups -OCH3 is 2. The summed E-state index contributed by atoms with van der Waals surface area (Å²) < 4.78 is 36.0. The van der Waals surface area contributed by atoms with Crippen molar-refractivity contribution >= 4 is 23.1 Å². The van der Waals surface area contributed by atoms with Gasteiger partial charge in [0.15, 0.2) is 11.5 Å². The lowest BCUT2D eigenvalue weighted by atomic mass is 9.94. The molecule has 2 aliphatic rings. The Hall–Kier alpha value is -4.53. The number of hydrogen-bond donors (Lipinski definition) is 1. The Morgan fingerprint density at radius 2 is 1.75 bits per heavy atom. The highest BCUT2D eigenvalue weighted by molar-refractivity contribution is 6.51. The van der Waals surface area contributed by atoms with Crippen LogP contribution in [-0.2, 0) is 9.59 Å². The number of Topliss-reactive ketones (excluding diaryl/α,β-unsaturated/α-hetero) is 1. The topological polar surface area (TPSA) is 94.5 Å². The molecule has 5 rings (SSSR count). The average Bonchev–Trinajstić information content (AvgIpc) is 3.18. The fourth-order valence-electron chi connectivity index (χ4n) is 4.42. The highest BCUT2D eigenvalue weighted by atomic mass is 19.1. The number of halogens is 1. The van der Waals surface area contributed by atoms with Gasteiger partial charge < -0.3 is 24.1 Å². The highest BCUT2D eigenvalue weighted by Gasteiger charge is 2.47. The molecule has 3 aromatic carbocycles. The third-order valence-electron chi connectivity index (χ3n) is 6.07. The van der Waals surface area contributed by atoms with Crippen LogP contribution in [0.15, 0.2) is 66.2 Å². The lowest BCUT2D eigenvalue weighted by Crippen LogP contribution is -2.29. The normalized spacial score (nSPS) is 18.3. The minimum absolute atomic E-state index is 0.0504. The maximum absolute atomic E-state index is 14.1. The number of fused-ring (bicyclic) bond motifs is 1. The molecule has 9 heteroatoms. The van der Waals surface area contributed by atoms with Crippen molar-refractivity contribution in [2.45, 2.75) is 6.04 Å². The average molecular weight is 491 g/mol. The molecule has 0 spiro atoms. The standard InChI is InChI=1S/C27H22FNO7/c1-33-18-5-3-4-15(12-18)24-23(25(30)19-13-16(28)6-8-20(19)34-2)26(31)27(32)29(24)17-7-9-21-22(14-17)36-11-10-35-21/h3-9,12-14,24,30H,10-11H2,1-2H3/b25-23+. The number of nitrogens with zero attached hydrogens (tertiary/aromatic N) is 1. The summed E-state index contributed by atoms with van der Waals surface area (Å²) in [5.41, 5.74) is 0.595. The summed E-state index contributed by atoms with van der Waals surface area (Å²) in [6.45, 7) is 0.740. The van der Waals surface area contributed by atoms with Crippen molar-refractivity contribution in [3.8, 4) is 23.0 Å². The number of carbonyl (C=O) groups excluding carboxylic acids is 2. The van der Waals surface area contributed by atoms with E-state index in [-0.39, 0.29) is 16.9 Å². The second kappa shape index (κ2) is 9.26. The molecule has 1 fully saturated rings. The maximum atomic E-state index is 14.1. The molecule has 1 saturated heterocycles. The summed E-state index contributed by atoms with van der Waals surface area (Å²) in [5, 5.41) is 11.3. The lowest BCUT2D eigenvalue weighted by molar-refractivity contribution is -0.132. The van der Waals surface area contributed by atoms with Crippen molar-refractivity contribution in [2.24, 2.45) is 0 Å². The van der Waals surface area contributed by atoms with E-state index in [2.05, 4.69) is 0 Å². The van der Waals surface area contributed by atoms with Gasteiger partial charge in [-0.1, -0.05) is 12.1 Å². The van der Waals surface area contributed by atoms with Crippen LogP contribution in [0.25, 0.3) is 5.76 Å². The molecule has 184 valence electrons. The van der Waals surface area contributed by atoms with Crippen LogP contribution in [-0.4, -0.2) is 44.2 Å². The van der Waals surface area contributed by atoms with E-state index < -0.39 is 29.3 Å². The first-order valence-corrected chi connectivity index (χ1v) is 11.1. The van der Waals surface area contributed by atoms with Crippen LogP contribution in [0.2, 0.25) is 0 Å². The van der Waals surface area contributed by atoms with E-state index in [1.807, 2.05) is 0 Å². The van der Waals surface area contributed by atoms with Gasteiger partial charge in [0.1, 0.15) is 36.3 Å². The monoisotopic (exact) mass is 491 g/mol. The number of benzene rings is 3. The molecule has 0 aromatic heterocycles. The zero-order valence-corrected chi connectivity index (χ0v) is 19.5. The van der Waals surface area contributed by atoms with Crippen molar-refractivity contribution in [3.05, 3.63) is 83.2 Å². The summed E-state index contributed by atoms with van der Waals surface area (Å²) in [6, 6.07) is 14.2. The molecule has 1 unspecified atom stereocenters. The van der Waals surface area contributed by atoms with Crippen LogP contribution in [0.4, 0.5) is 10.1 Å². The van der Waals surface area contributed by atoms with Gasteiger partial charge in [-0.25, -0.2) is 4.39 Å². The molecule has 1 amide bonds. The van der Waals surface area contributed by atoms with Crippen LogP contribution < -0.4 is 23.8 Å². The van der Waals surface area contributed by atoms with Crippen LogP contribution in [0.3, 0.4) is 0 Å². The number of aliphatic hydroxyl groups is 1. The van der Waals surface area contributed by atoms with E-state index in [1.165, 1.54) is 31.3 Å². The lowest BCUT2D eigenvalue weighted by Gasteiger charge is -2.27. The Morgan fingerprint density at radius 1 is 0.972 bits per heavy atom. The van der Waals surface area contributed by atoms with E-state index >= 15 is 0 Å². The van der Waals surface area contributed by atoms with Gasteiger partial charge in [0.25, 0.3) is 11.7 Å². The molecular weight excluding hydrogens is 469 g/mol. The number of rotatable bonds is 5. The molecule has 8 nitrogen and oxygen atoms in total. The fourth-order valence-corrected chi connectivity index (χ4v) is 4.42. The minimum Gasteiger partial charge on any atom is -0.507 e. The van der Waals surface area contributed by atoms with Crippen molar-refractivity contribution < 1.29 is 38.0 Å². The van der Waals surface area contributed by atoms with Crippen molar-refractivity contribution in [1.82, 2.24) is 0 Å². The largest absolute Gasteiger partial charge is 0.507 e. The summed E-state index contributed by atoms with van der Waals surface area (Å²) in [7, 11) is 2.85. The third-order valence-corrected chi connectivity index (χ3v) is 6.07. The van der Waals surface area contributed by atoms with Gasteiger partial charge in [0, 0.05) is 11.8 Å². The number of amides is 1. The molecule has 0 saturated carbocycles. The molecule has 0 bridgehead atoms. The SMILES string of the molecule is COc1cccc(C2/C(=C(\O)c3cc(F)ccc3OC)C(=O)C(=O)N2c2ccc3c(c2)OCCO3)c1. The van der Waals surface area contributed by atoms with Crippen molar-refractivity contribution in [3.63, 3.8) is 0 Å². The van der Waals surface area contributed by atoms with E-state index in [1.54, 1.807) is 42.5 Å². The predicted molar refractivity (Wildman–Crippen MR) is 128 cm³/mol. The molecule has 0 aliphatic carbocycles. The molecule has 2 aliphatic heterocycles. The molecular formula is C27H22FNO7. The Morgan fingerprint density at radius 3 is 2.50 bits per heavy atom. The van der Waals surface area contributed by atoms with E-state index in [4.69, 9.17) is 18.9 Å². The summed E-state index contributed by atoms with van der Waals surface area (Å²) in [4.78, 5) is 28.1. The van der Waals surface area contributed by atoms with Gasteiger partial charge in [-0.3, -0.25) is 14.5 Å². The number of hydrogen-bond acceptors (Lipinski definition) is 7. The first-order valence-electron chi connectivity index (χ1n) is 11.1. The van der Waals surface area contributed by atoms with Gasteiger partial charge in [-0.15, -0.1) is 0 Å². The molecule has 1 N–H and O–H groups in total. The van der Waals surface area contributed by atoms with E-state index in [9.17, 15) is 19.1 Å². The Bertz CT molecular complexity index is 1400. The van der Waals surface area contributed by atoms with Crippen LogP contribution >= 0.6 is 0 Å². The Labute approximate surface area is 206 Å². The van der Waals surface area contributed by atoms with Crippen LogP contribution in [0.5, 0.6) is 23.0 Å². The van der Waals surface area contributed by atoms with Crippen molar-refractivity contribution in [1.29, 1.82) is 0 Å². The van der Waals surface area contributed by atoms with Crippen LogP contribution in [0.1, 0.15) is 17.2 Å². The second-order valence-electron chi connectivity index (χ2n) is 8.12. The van der Waals surface area contributed by atoms with Gasteiger partial charge in [0.2, 0.25) is 0 Å². The second-order valence-corrected chi connectivity index (χ2v) is 8.12. The van der Waals surface area contributed by atoms with Gasteiger partial charge in [-0.2, -0.15) is 0 Å². The van der Waals surface area contributed by atoms with Gasteiger partial charge in [-0.05, 0) is 48.0 Å². The smallest absolute Gasteiger partial charge is 0.300 e. The van der Waals surface area contributed by atoms with Crippen LogP contribution in [0, 0.1) is 5.82 Å². The van der Waals surface area contributed by atoms with Gasteiger partial charge >= 0.3 is 0 Å². The number of aliphatic hydroxyl groups excluding tert-OH is 1. The Kier molecular flexibility index (Phi) is 5.97. The van der Waals surface area contributed by atoms with Crippen molar-refractivity contribution in [2.75, 3.05) is 32.3 Å². The number of anilines is 1. The number of ketones is 1. The Balaban J connectivity index is 1.74. The molecule has 1 atom stereocenters. The summed E-state index contributed by atoms with van der Waals surface area (Å²) in [6.07, 6.45) is 0. The molecule has 36 heavy (non-hydrogen) atoms. The van der Waals surface area contributed by atoms with E-state index in [0.29, 0.717) is 41.7 Å². The molecule has 3 aromatic rings. The predicted octanol–water partition coefficient (Wildman–Crippen LogP) is 4.24. The minimum atomic E-state index is -1.05. The number of ether oxygens (including phenoxy) is 4. The third kappa shape index (κ3) is 3.88. The molecule has 2 heterocycles. The number of carbonyl (C=O) groups is 2. The first-order chi connectivity index (χ1) is 17.4. The van der Waals surface area contributed by atoms with Gasteiger partial charge in [0.05, 0.1) is 31.4 Å². The molecule has 0 radical (unpaired) electrons.